The molecule has 0 radical (unpaired) electrons. The number of ether oxygens (including phenoxy) is 2. The van der Waals surface area contributed by atoms with Crippen LogP contribution in [0.5, 0.6) is 0 Å². The minimum Gasteiger partial charge on any atom is -0.756 e. The first-order chi connectivity index (χ1) is 23.6. The largest absolute Gasteiger partial charge is 0.756 e. The summed E-state index contributed by atoms with van der Waals surface area (Å²) in [5.74, 6) is -0.392. The first-order valence-corrected chi connectivity index (χ1v) is 20.5. The Kier molecular flexibility index (Phi) is 32.1. The molecule has 0 aliphatic carbocycles. The molecule has 9 heteroatoms. The molecule has 0 fully saturated rings. The van der Waals surface area contributed by atoms with Crippen LogP contribution >= 0.6 is 7.82 Å². The van der Waals surface area contributed by atoms with E-state index in [1.165, 1.54) is 57.8 Å². The molecule has 0 saturated carbocycles. The Morgan fingerprint density at radius 1 is 0.653 bits per heavy atom. The lowest BCUT2D eigenvalue weighted by Gasteiger charge is -2.28. The number of phosphoric ester groups is 1. The summed E-state index contributed by atoms with van der Waals surface area (Å²) < 4.78 is 33.7. The van der Waals surface area contributed by atoms with Crippen LogP contribution in [0.4, 0.5) is 0 Å². The number of rotatable bonds is 34. The maximum Gasteiger partial charge on any atom is 0.306 e. The summed E-state index contributed by atoms with van der Waals surface area (Å²) in [4.78, 5) is 24.1. The molecule has 2 unspecified atom stereocenters. The van der Waals surface area contributed by atoms with Crippen LogP contribution < -0.4 is 4.89 Å². The maximum absolute atomic E-state index is 12.1. The van der Waals surface area contributed by atoms with Gasteiger partial charge in [-0.05, 0) is 57.8 Å². The number of esters is 1. The third kappa shape index (κ3) is 37.3. The van der Waals surface area contributed by atoms with Gasteiger partial charge in [-0.1, -0.05) is 126 Å². The van der Waals surface area contributed by atoms with Crippen molar-refractivity contribution in [3.63, 3.8) is 0 Å². The molecule has 0 aliphatic heterocycles. The number of nitrogens with zero attached hydrogens (tertiary/aromatic N) is 1. The monoisotopic (exact) mass is 710 g/mol. The van der Waals surface area contributed by atoms with Gasteiger partial charge in [0.1, 0.15) is 19.3 Å². The number of hydrogen-bond donors (Lipinski definition) is 0. The number of quaternary nitrogens is 1. The second-order valence-corrected chi connectivity index (χ2v) is 15.0. The molecular formula is C40H72NO7P. The molecule has 0 N–H and O–H groups in total. The molecule has 2 atom stereocenters. The average molecular weight is 710 g/mol. The summed E-state index contributed by atoms with van der Waals surface area (Å²) in [5.41, 5.74) is 0. The second-order valence-electron chi connectivity index (χ2n) is 13.6. The summed E-state index contributed by atoms with van der Waals surface area (Å²) >= 11 is 0. The van der Waals surface area contributed by atoms with Crippen LogP contribution in [0.3, 0.4) is 0 Å². The van der Waals surface area contributed by atoms with Crippen LogP contribution in [0.25, 0.3) is 0 Å². The summed E-state index contributed by atoms with van der Waals surface area (Å²) in [5, 5.41) is 0. The van der Waals surface area contributed by atoms with Crippen molar-refractivity contribution >= 4 is 13.8 Å². The molecule has 0 amide bonds. The lowest BCUT2D eigenvalue weighted by molar-refractivity contribution is -0.870. The number of carbonyl (C=O) groups is 1. The van der Waals surface area contributed by atoms with Gasteiger partial charge < -0.3 is 27.9 Å². The minimum absolute atomic E-state index is 0.0213. The van der Waals surface area contributed by atoms with Crippen LogP contribution in [0, 0.1) is 0 Å². The van der Waals surface area contributed by atoms with Gasteiger partial charge in [-0.25, -0.2) is 0 Å². The van der Waals surface area contributed by atoms with E-state index in [1.807, 2.05) is 28.1 Å². The number of likely N-dealkylation sites (N-methyl/N-ethyl adjacent to an activating group) is 1. The van der Waals surface area contributed by atoms with Gasteiger partial charge in [0.05, 0.1) is 34.4 Å². The van der Waals surface area contributed by atoms with Crippen molar-refractivity contribution in [2.24, 2.45) is 0 Å². The predicted octanol–water partition coefficient (Wildman–Crippen LogP) is 9.97. The topological polar surface area (TPSA) is 94.1 Å². The molecular weight excluding hydrogens is 637 g/mol. The van der Waals surface area contributed by atoms with E-state index in [4.69, 9.17) is 18.5 Å². The van der Waals surface area contributed by atoms with E-state index in [2.05, 4.69) is 67.7 Å². The fourth-order valence-electron chi connectivity index (χ4n) is 4.67. The predicted molar refractivity (Wildman–Crippen MR) is 203 cm³/mol. The van der Waals surface area contributed by atoms with Crippen LogP contribution in [0.15, 0.2) is 60.8 Å². The zero-order valence-corrected chi connectivity index (χ0v) is 32.8. The third-order valence-corrected chi connectivity index (χ3v) is 8.52. The number of carbonyl (C=O) groups excluding carboxylic acids is 1. The van der Waals surface area contributed by atoms with E-state index in [1.54, 1.807) is 0 Å². The molecule has 0 heterocycles. The summed E-state index contributed by atoms with van der Waals surface area (Å²) in [6, 6.07) is 0. The van der Waals surface area contributed by atoms with Crippen molar-refractivity contribution in [1.82, 2.24) is 0 Å². The first kappa shape index (κ1) is 47.2. The Labute approximate surface area is 300 Å². The number of hydrogen-bond acceptors (Lipinski definition) is 7. The van der Waals surface area contributed by atoms with Gasteiger partial charge in [-0.3, -0.25) is 9.36 Å². The van der Waals surface area contributed by atoms with E-state index < -0.39 is 19.9 Å². The Hall–Kier alpha value is -1.80. The zero-order valence-electron chi connectivity index (χ0n) is 31.9. The standard InChI is InChI=1S/C40H72NO7P/c1-6-8-9-10-11-12-13-14-15-16-17-18-19-20-21-22-23-24-25-26-27-28-29-30-31-32-35-45-37-39(48-40(42)33-7-2)38-47-49(43,44)46-36-34-41(3,4)5/h8-9,11-12,14-15,17-18,20-21,39H,6-7,10,13,16,19,22-38H2,1-5H3/b9-8-,12-11-,15-14-,18-17-,21-20-. The van der Waals surface area contributed by atoms with Crippen LogP contribution in [0.1, 0.15) is 129 Å². The van der Waals surface area contributed by atoms with Gasteiger partial charge in [0.25, 0.3) is 7.82 Å². The van der Waals surface area contributed by atoms with E-state index >= 15 is 0 Å². The lowest BCUT2D eigenvalue weighted by Crippen LogP contribution is -2.37. The summed E-state index contributed by atoms with van der Waals surface area (Å²) in [6.45, 7) is 4.89. The fraction of sp³-hybridized carbons (Fsp3) is 0.725. The van der Waals surface area contributed by atoms with Crippen molar-refractivity contribution in [2.45, 2.75) is 136 Å². The highest BCUT2D eigenvalue weighted by Gasteiger charge is 2.20. The molecule has 0 saturated heterocycles. The lowest BCUT2D eigenvalue weighted by atomic mass is 10.1. The van der Waals surface area contributed by atoms with Gasteiger partial charge in [-0.15, -0.1) is 0 Å². The molecule has 0 aliphatic rings. The zero-order chi connectivity index (χ0) is 36.3. The Balaban J connectivity index is 3.79. The van der Waals surface area contributed by atoms with E-state index in [0.717, 1.165) is 44.9 Å². The van der Waals surface area contributed by atoms with E-state index in [0.29, 0.717) is 24.1 Å². The third-order valence-electron chi connectivity index (χ3n) is 7.55. The molecule has 0 aromatic heterocycles. The van der Waals surface area contributed by atoms with Crippen LogP contribution in [-0.2, 0) is 27.9 Å². The van der Waals surface area contributed by atoms with Gasteiger partial charge in [0.2, 0.25) is 0 Å². The molecule has 284 valence electrons. The number of allylic oxidation sites excluding steroid dienone is 10. The molecule has 0 bridgehead atoms. The van der Waals surface area contributed by atoms with Crippen LogP contribution in [-0.4, -0.2) is 70.7 Å². The van der Waals surface area contributed by atoms with Crippen LogP contribution in [0.2, 0.25) is 0 Å². The molecule has 0 rings (SSSR count). The van der Waals surface area contributed by atoms with Gasteiger partial charge >= 0.3 is 5.97 Å². The average Bonchev–Trinajstić information content (AvgIpc) is 3.04. The Morgan fingerprint density at radius 2 is 1.14 bits per heavy atom. The minimum atomic E-state index is -4.49. The van der Waals surface area contributed by atoms with Crippen molar-refractivity contribution in [3.8, 4) is 0 Å². The maximum atomic E-state index is 12.1. The molecule has 0 spiro atoms. The summed E-state index contributed by atoms with van der Waals surface area (Å²) in [7, 11) is 1.34. The summed E-state index contributed by atoms with van der Waals surface area (Å²) in [6.07, 6.45) is 41.1. The highest BCUT2D eigenvalue weighted by molar-refractivity contribution is 7.45. The number of unbranched alkanes of at least 4 members (excludes halogenated alkanes) is 10. The molecule has 8 nitrogen and oxygen atoms in total. The Morgan fingerprint density at radius 3 is 1.65 bits per heavy atom. The van der Waals surface area contributed by atoms with Gasteiger partial charge in [-0.2, -0.15) is 0 Å². The highest BCUT2D eigenvalue weighted by atomic mass is 31.2. The van der Waals surface area contributed by atoms with Crippen molar-refractivity contribution in [1.29, 1.82) is 0 Å². The molecule has 0 aromatic rings. The fourth-order valence-corrected chi connectivity index (χ4v) is 5.40. The number of phosphoric acid groups is 1. The van der Waals surface area contributed by atoms with Gasteiger partial charge in [0, 0.05) is 13.0 Å². The SMILES string of the molecule is CC/C=C\C/C=C\C/C=C\C/C=C\C/C=C\CCCCCCCCCCCCOCC(COP(=O)([O-])OCC[N+](C)(C)C)OC(=O)CCC. The molecule has 49 heavy (non-hydrogen) atoms. The Bertz CT molecular complexity index is 968. The van der Waals surface area contributed by atoms with E-state index in [-0.39, 0.29) is 26.2 Å². The second kappa shape index (κ2) is 33.3. The van der Waals surface area contributed by atoms with Crippen molar-refractivity contribution < 1.29 is 37.3 Å². The van der Waals surface area contributed by atoms with Crippen molar-refractivity contribution in [3.05, 3.63) is 60.8 Å². The van der Waals surface area contributed by atoms with Gasteiger partial charge in [0.15, 0.2) is 0 Å². The highest BCUT2D eigenvalue weighted by Crippen LogP contribution is 2.38. The van der Waals surface area contributed by atoms with Crippen molar-refractivity contribution in [2.75, 3.05) is 54.1 Å². The quantitative estimate of drug-likeness (QED) is 0.0216. The normalized spacial score (nSPS) is 14.7. The molecule has 0 aromatic carbocycles. The van der Waals surface area contributed by atoms with E-state index in [9.17, 15) is 14.3 Å². The first-order valence-electron chi connectivity index (χ1n) is 19.0. The smallest absolute Gasteiger partial charge is 0.306 e.